The summed E-state index contributed by atoms with van der Waals surface area (Å²) in [7, 11) is 1.20. The van der Waals surface area contributed by atoms with Crippen molar-refractivity contribution in [2.45, 2.75) is 6.92 Å². The lowest BCUT2D eigenvalue weighted by atomic mass is 10.2. The van der Waals surface area contributed by atoms with Gasteiger partial charge in [-0.3, -0.25) is 0 Å². The average molecular weight is 282 g/mol. The monoisotopic (exact) mass is 282 g/mol. The van der Waals surface area contributed by atoms with E-state index in [2.05, 4.69) is 5.32 Å². The number of rotatable bonds is 3. The summed E-state index contributed by atoms with van der Waals surface area (Å²) in [4.78, 5) is 0. The Morgan fingerprint density at radius 1 is 1.10 bits per heavy atom. The fourth-order valence-corrected chi connectivity index (χ4v) is 1.74. The Labute approximate surface area is 114 Å². The molecule has 0 saturated carbocycles. The van der Waals surface area contributed by atoms with Crippen LogP contribution in [-0.2, 0) is 0 Å². The third-order valence-corrected chi connectivity index (χ3v) is 2.82. The first-order valence-electron chi connectivity index (χ1n) is 5.78. The number of nitrogens with one attached hydrogen (secondary N) is 1. The molecule has 0 fully saturated rings. The first-order valence-corrected chi connectivity index (χ1v) is 5.78. The molecule has 2 aromatic rings. The Morgan fingerprint density at radius 3 is 2.40 bits per heavy atom. The van der Waals surface area contributed by atoms with Crippen LogP contribution in [-0.4, -0.2) is 7.11 Å². The summed E-state index contributed by atoms with van der Waals surface area (Å²) in [5, 5.41) is 2.46. The maximum Gasteiger partial charge on any atom is 0.190 e. The highest BCUT2D eigenvalue weighted by Gasteiger charge is 2.18. The van der Waals surface area contributed by atoms with Crippen LogP contribution in [0.15, 0.2) is 24.3 Å². The second-order valence-electron chi connectivity index (χ2n) is 4.27. The molecule has 0 radical (unpaired) electrons. The standard InChI is InChI=1S/C14H13F3N2O/c1-7-3-4-10(8(15)5-7)19-14-12(17)11(20-2)6-9(16)13(14)18/h3-6,19H,18H2,1-2H3. The molecule has 0 saturated heterocycles. The lowest BCUT2D eigenvalue weighted by Crippen LogP contribution is -2.05. The number of aryl methyl sites for hydroxylation is 1. The Hall–Kier alpha value is -2.37. The largest absolute Gasteiger partial charge is 0.493 e. The second-order valence-corrected chi connectivity index (χ2v) is 4.27. The number of hydrogen-bond acceptors (Lipinski definition) is 3. The number of hydrogen-bond donors (Lipinski definition) is 2. The molecule has 106 valence electrons. The normalized spacial score (nSPS) is 10.4. The third-order valence-electron chi connectivity index (χ3n) is 2.82. The SMILES string of the molecule is COc1cc(F)c(N)c(Nc2ccc(C)cc2F)c1F. The lowest BCUT2D eigenvalue weighted by Gasteiger charge is -2.14. The summed E-state index contributed by atoms with van der Waals surface area (Å²) in [5.74, 6) is -2.64. The zero-order valence-electron chi connectivity index (χ0n) is 10.9. The van der Waals surface area contributed by atoms with Gasteiger partial charge in [-0.25, -0.2) is 13.2 Å². The fraction of sp³-hybridized carbons (Fsp3) is 0.143. The van der Waals surface area contributed by atoms with Crippen LogP contribution in [0.3, 0.4) is 0 Å². The van der Waals surface area contributed by atoms with Crippen molar-refractivity contribution in [1.29, 1.82) is 0 Å². The van der Waals surface area contributed by atoms with Gasteiger partial charge in [-0.1, -0.05) is 6.07 Å². The summed E-state index contributed by atoms with van der Waals surface area (Å²) in [6.07, 6.45) is 0. The molecule has 0 spiro atoms. The number of nitrogens with two attached hydrogens (primary N) is 1. The minimum absolute atomic E-state index is 0.00569. The molecule has 0 aliphatic heterocycles. The first kappa shape index (κ1) is 14.0. The van der Waals surface area contributed by atoms with Crippen molar-refractivity contribution >= 4 is 17.1 Å². The van der Waals surface area contributed by atoms with Gasteiger partial charge in [0.05, 0.1) is 18.5 Å². The van der Waals surface area contributed by atoms with Crippen LogP contribution in [0, 0.1) is 24.4 Å². The quantitative estimate of drug-likeness (QED) is 0.843. The zero-order valence-corrected chi connectivity index (χ0v) is 10.9. The predicted molar refractivity (Wildman–Crippen MR) is 71.7 cm³/mol. The van der Waals surface area contributed by atoms with Crippen LogP contribution >= 0.6 is 0 Å². The number of methoxy groups -OCH3 is 1. The molecular weight excluding hydrogens is 269 g/mol. The molecule has 2 rings (SSSR count). The van der Waals surface area contributed by atoms with Gasteiger partial charge in [0.2, 0.25) is 0 Å². The molecule has 6 heteroatoms. The second kappa shape index (κ2) is 5.32. The van der Waals surface area contributed by atoms with Crippen molar-refractivity contribution in [3.8, 4) is 5.75 Å². The van der Waals surface area contributed by atoms with Gasteiger partial charge in [0.25, 0.3) is 0 Å². The number of benzene rings is 2. The van der Waals surface area contributed by atoms with Gasteiger partial charge in [0.15, 0.2) is 17.4 Å². The van der Waals surface area contributed by atoms with Crippen LogP contribution in [0.1, 0.15) is 5.56 Å². The van der Waals surface area contributed by atoms with Gasteiger partial charge in [0.1, 0.15) is 11.5 Å². The summed E-state index contributed by atoms with van der Waals surface area (Å²) < 4.78 is 46.1. The van der Waals surface area contributed by atoms with E-state index in [1.54, 1.807) is 13.0 Å². The van der Waals surface area contributed by atoms with E-state index in [0.29, 0.717) is 5.56 Å². The smallest absolute Gasteiger partial charge is 0.190 e. The highest BCUT2D eigenvalue weighted by Crippen LogP contribution is 2.35. The van der Waals surface area contributed by atoms with Gasteiger partial charge in [-0.05, 0) is 24.6 Å². The van der Waals surface area contributed by atoms with Gasteiger partial charge in [-0.15, -0.1) is 0 Å². The topological polar surface area (TPSA) is 47.3 Å². The van der Waals surface area contributed by atoms with E-state index in [1.807, 2.05) is 0 Å². The van der Waals surface area contributed by atoms with Crippen LogP contribution in [0.25, 0.3) is 0 Å². The van der Waals surface area contributed by atoms with Crippen molar-refractivity contribution in [3.05, 3.63) is 47.3 Å². The molecule has 3 N–H and O–H groups in total. The van der Waals surface area contributed by atoms with Crippen LogP contribution in [0.2, 0.25) is 0 Å². The minimum Gasteiger partial charge on any atom is -0.493 e. The van der Waals surface area contributed by atoms with Crippen molar-refractivity contribution in [3.63, 3.8) is 0 Å². The van der Waals surface area contributed by atoms with Gasteiger partial charge < -0.3 is 15.8 Å². The molecular formula is C14H13F3N2O. The number of nitrogen functional groups attached to an aromatic ring is 1. The van der Waals surface area contributed by atoms with Crippen molar-refractivity contribution in [2.24, 2.45) is 0 Å². The molecule has 20 heavy (non-hydrogen) atoms. The molecule has 0 atom stereocenters. The highest BCUT2D eigenvalue weighted by molar-refractivity contribution is 5.75. The van der Waals surface area contributed by atoms with E-state index in [0.717, 1.165) is 6.07 Å². The Balaban J connectivity index is 2.50. The molecule has 0 aromatic heterocycles. The first-order chi connectivity index (χ1) is 9.43. The third kappa shape index (κ3) is 2.49. The van der Waals surface area contributed by atoms with E-state index in [9.17, 15) is 13.2 Å². The zero-order chi connectivity index (χ0) is 14.9. The highest BCUT2D eigenvalue weighted by atomic mass is 19.1. The Morgan fingerprint density at radius 2 is 1.80 bits per heavy atom. The molecule has 3 nitrogen and oxygen atoms in total. The van der Waals surface area contributed by atoms with E-state index >= 15 is 0 Å². The van der Waals surface area contributed by atoms with Gasteiger partial charge in [0, 0.05) is 6.07 Å². The van der Waals surface area contributed by atoms with E-state index in [-0.39, 0.29) is 17.1 Å². The molecule has 2 aromatic carbocycles. The summed E-state index contributed by atoms with van der Waals surface area (Å²) >= 11 is 0. The molecule has 0 bridgehead atoms. The predicted octanol–water partition coefficient (Wildman–Crippen LogP) is 3.75. The van der Waals surface area contributed by atoms with Gasteiger partial charge >= 0.3 is 0 Å². The minimum atomic E-state index is -0.883. The fourth-order valence-electron chi connectivity index (χ4n) is 1.74. The summed E-state index contributed by atoms with van der Waals surface area (Å²) in [6.45, 7) is 1.72. The maximum atomic E-state index is 14.1. The summed E-state index contributed by atoms with van der Waals surface area (Å²) in [6, 6.07) is 5.16. The number of anilines is 3. The lowest BCUT2D eigenvalue weighted by molar-refractivity contribution is 0.384. The Kier molecular flexibility index (Phi) is 3.74. The van der Waals surface area contributed by atoms with Crippen LogP contribution in [0.4, 0.5) is 30.2 Å². The average Bonchev–Trinajstić information content (AvgIpc) is 2.41. The van der Waals surface area contributed by atoms with Crippen LogP contribution < -0.4 is 15.8 Å². The molecule has 0 amide bonds. The molecule has 0 heterocycles. The number of ether oxygens (including phenoxy) is 1. The van der Waals surface area contributed by atoms with Crippen molar-refractivity contribution in [2.75, 3.05) is 18.2 Å². The van der Waals surface area contributed by atoms with E-state index in [1.165, 1.54) is 19.2 Å². The van der Waals surface area contributed by atoms with E-state index < -0.39 is 23.1 Å². The molecule has 0 unspecified atom stereocenters. The summed E-state index contributed by atoms with van der Waals surface area (Å²) in [5.41, 5.74) is 5.38. The Bertz CT molecular complexity index is 659. The molecule has 0 aliphatic carbocycles. The van der Waals surface area contributed by atoms with Crippen molar-refractivity contribution < 1.29 is 17.9 Å². The molecule has 0 aliphatic rings. The van der Waals surface area contributed by atoms with Crippen LogP contribution in [0.5, 0.6) is 5.75 Å². The van der Waals surface area contributed by atoms with Gasteiger partial charge in [-0.2, -0.15) is 0 Å². The maximum absolute atomic E-state index is 14.1. The van der Waals surface area contributed by atoms with E-state index in [4.69, 9.17) is 10.5 Å². The number of halogens is 3. The van der Waals surface area contributed by atoms with Crippen molar-refractivity contribution in [1.82, 2.24) is 0 Å².